The minimum absolute atomic E-state index is 0.0369. The van der Waals surface area contributed by atoms with Crippen LogP contribution in [0.15, 0.2) is 59.8 Å². The van der Waals surface area contributed by atoms with E-state index < -0.39 is 116 Å². The second kappa shape index (κ2) is 29.6. The van der Waals surface area contributed by atoms with Crippen LogP contribution in [0.2, 0.25) is 0 Å². The van der Waals surface area contributed by atoms with Gasteiger partial charge in [0, 0.05) is 46.5 Å². The van der Waals surface area contributed by atoms with E-state index in [0.717, 1.165) is 4.90 Å². The first-order valence-corrected chi connectivity index (χ1v) is 26.2. The number of aliphatic carboxylic acids is 1. The quantitative estimate of drug-likeness (QED) is 0.0526. The van der Waals surface area contributed by atoms with Crippen molar-refractivity contribution >= 4 is 35.7 Å². The lowest BCUT2D eigenvalue weighted by molar-refractivity contribution is -0.271. The summed E-state index contributed by atoms with van der Waals surface area (Å²) in [5.41, 5.74) is 1.23. The molecule has 0 spiro atoms. The molecule has 22 nitrogen and oxygen atoms in total. The molecular formula is C56H81N5O17. The van der Waals surface area contributed by atoms with Crippen LogP contribution in [0.4, 0.5) is 4.79 Å². The Morgan fingerprint density at radius 3 is 2.17 bits per heavy atom. The van der Waals surface area contributed by atoms with E-state index in [0.29, 0.717) is 36.9 Å². The molecule has 2 aromatic rings. The molecule has 0 bridgehead atoms. The number of likely N-dealkylation sites (N-methyl/N-ethyl adjacent to an activating group) is 2. The van der Waals surface area contributed by atoms with Gasteiger partial charge >= 0.3 is 12.1 Å². The highest BCUT2D eigenvalue weighted by atomic mass is 16.7. The summed E-state index contributed by atoms with van der Waals surface area (Å²) < 4.78 is 34.1. The number of carbonyl (C=O) groups is 6. The number of nitrogens with one attached hydrogen (secondary N) is 2. The zero-order valence-electron chi connectivity index (χ0n) is 46.8. The summed E-state index contributed by atoms with van der Waals surface area (Å²) >= 11 is 0. The summed E-state index contributed by atoms with van der Waals surface area (Å²) in [4.78, 5) is 86.6. The number of rotatable bonds is 26. The van der Waals surface area contributed by atoms with Crippen LogP contribution < -0.4 is 20.1 Å². The van der Waals surface area contributed by atoms with Gasteiger partial charge in [-0.15, -0.1) is 6.42 Å². The molecule has 0 aromatic heterocycles. The molecule has 0 aliphatic carbocycles. The molecule has 2 aromatic carbocycles. The number of allylic oxidation sites excluding steroid dienone is 1. The van der Waals surface area contributed by atoms with Gasteiger partial charge < -0.3 is 74.4 Å². The van der Waals surface area contributed by atoms with E-state index >= 15 is 0 Å². The second-order valence-corrected chi connectivity index (χ2v) is 20.5. The number of carboxylic acid groups (broad SMARTS) is 1. The van der Waals surface area contributed by atoms with Crippen LogP contribution in [0.25, 0.3) is 0 Å². The number of hydrogen-bond acceptors (Lipinski definition) is 16. The van der Waals surface area contributed by atoms with E-state index in [1.165, 1.54) is 44.4 Å². The lowest BCUT2D eigenvalue weighted by Gasteiger charge is -2.41. The second-order valence-electron chi connectivity index (χ2n) is 20.5. The highest BCUT2D eigenvalue weighted by Gasteiger charge is 2.48. The number of aliphatic hydroxyl groups excluding tert-OH is 4. The van der Waals surface area contributed by atoms with E-state index in [1.54, 1.807) is 65.6 Å². The van der Waals surface area contributed by atoms with Gasteiger partial charge in [0.1, 0.15) is 54.8 Å². The van der Waals surface area contributed by atoms with Crippen LogP contribution in [0.5, 0.6) is 11.5 Å². The Hall–Kier alpha value is -6.32. The summed E-state index contributed by atoms with van der Waals surface area (Å²) in [6.45, 7) is 13.9. The van der Waals surface area contributed by atoms with Gasteiger partial charge in [0.25, 0.3) is 5.91 Å². The third kappa shape index (κ3) is 15.9. The fourth-order valence-electron chi connectivity index (χ4n) is 9.93. The van der Waals surface area contributed by atoms with Crippen molar-refractivity contribution < 1.29 is 82.7 Å². The van der Waals surface area contributed by atoms with Crippen molar-refractivity contribution in [1.82, 2.24) is 25.3 Å². The molecule has 7 N–H and O–H groups in total. The highest BCUT2D eigenvalue weighted by molar-refractivity contribution is 5.99. The van der Waals surface area contributed by atoms with Crippen molar-refractivity contribution in [1.29, 1.82) is 0 Å². The molecule has 4 rings (SSSR count). The summed E-state index contributed by atoms with van der Waals surface area (Å²) in [5.74, 6) is -2.40. The molecule has 2 heterocycles. The van der Waals surface area contributed by atoms with Crippen LogP contribution in [-0.2, 0) is 49.5 Å². The topological polar surface area (TPSA) is 293 Å². The number of likely N-dealkylation sites (tertiary alicyclic amines) is 1. The predicted octanol–water partition coefficient (Wildman–Crippen LogP) is 3.13. The Morgan fingerprint density at radius 1 is 0.923 bits per heavy atom. The fraction of sp³-hybridized carbons (Fsp3) is 0.607. The standard InChI is InChI=1S/C56H81N5O17/c1-14-26-75-39-27-37(77-55-48(66)46(64)47(65)50(78-55)54(70)71)24-23-36(39)29-76-56(72)60(11)43(31(5)6)52(68)58-42(30(3)4)53(69)59(10)44(32(7)15-2)40(73-12)28-41(62)61-25-19-22-38(61)49(74-13)33(8)51(67)57-34(9)45(63)35-20-17-16-18-21-35/h1,16-18,20-21,23-24,27,30,32-34,38,40,42,44-50,55,63-66H,15,19,22,25-26,28-29H2,2-13H3,(H,57,67)(H,58,68)(H,70,71)/t32?,33-,34-,38?,40-,42+,44?,45?,46?,47+,48-,49?,50?,55?/m1/s1. The number of nitrogens with zero attached hydrogens (tertiary/aromatic N) is 3. The maximum atomic E-state index is 14.7. The molecule has 2 aliphatic rings. The van der Waals surface area contributed by atoms with Crippen molar-refractivity contribution in [2.24, 2.45) is 17.8 Å². The third-order valence-corrected chi connectivity index (χ3v) is 14.5. The number of ether oxygens (including phenoxy) is 6. The van der Waals surface area contributed by atoms with E-state index in [1.807, 2.05) is 32.0 Å². The average molecular weight is 1100 g/mol. The van der Waals surface area contributed by atoms with Crippen LogP contribution in [-0.4, -0.2) is 184 Å². The molecule has 0 radical (unpaired) electrons. The first kappa shape index (κ1) is 64.2. The Balaban J connectivity index is 1.46. The van der Waals surface area contributed by atoms with Gasteiger partial charge in [-0.05, 0) is 68.7 Å². The third-order valence-electron chi connectivity index (χ3n) is 14.5. The number of carbonyl (C=O) groups excluding carboxylic acids is 5. The van der Waals surface area contributed by atoms with Crippen LogP contribution in [0, 0.1) is 30.1 Å². The molecular weight excluding hydrogens is 1010 g/mol. The van der Waals surface area contributed by atoms with Crippen LogP contribution >= 0.6 is 0 Å². The van der Waals surface area contributed by atoms with E-state index in [9.17, 15) is 54.3 Å². The molecule has 2 aliphatic heterocycles. The van der Waals surface area contributed by atoms with Gasteiger partial charge in [0.05, 0.1) is 48.8 Å². The predicted molar refractivity (Wildman–Crippen MR) is 284 cm³/mol. The molecule has 78 heavy (non-hydrogen) atoms. The van der Waals surface area contributed by atoms with Crippen molar-refractivity contribution in [3.05, 3.63) is 70.9 Å². The van der Waals surface area contributed by atoms with Gasteiger partial charge in [-0.1, -0.05) is 77.3 Å². The number of methoxy groups -OCH3 is 2. The first-order valence-electron chi connectivity index (χ1n) is 26.2. The van der Waals surface area contributed by atoms with Gasteiger partial charge in [0.2, 0.25) is 24.0 Å². The van der Waals surface area contributed by atoms with Crippen molar-refractivity contribution in [3.63, 3.8) is 0 Å². The fourth-order valence-corrected chi connectivity index (χ4v) is 9.93. The average Bonchev–Trinajstić information content (AvgIpc) is 3.90. The maximum Gasteiger partial charge on any atom is 0.414 e. The van der Waals surface area contributed by atoms with Gasteiger partial charge in [-0.25, -0.2) is 9.59 Å². The highest BCUT2D eigenvalue weighted by Crippen LogP contribution is 2.32. The first-order chi connectivity index (χ1) is 36.8. The molecule has 14 atom stereocenters. The zero-order valence-corrected chi connectivity index (χ0v) is 46.8. The number of terminal acetylenes is 1. The van der Waals surface area contributed by atoms with Crippen LogP contribution in [0.1, 0.15) is 98.3 Å². The summed E-state index contributed by atoms with van der Waals surface area (Å²) in [5, 5.41) is 56.9. The molecule has 432 valence electrons. The Kier molecular flexibility index (Phi) is 24.4. The monoisotopic (exact) mass is 1100 g/mol. The smallest absolute Gasteiger partial charge is 0.414 e. The molecule has 22 heteroatoms. The lowest BCUT2D eigenvalue weighted by Crippen LogP contribution is -2.61. The number of aliphatic hydroxyl groups is 4. The molecule has 8 unspecified atom stereocenters. The minimum atomic E-state index is -1.93. The SMILES string of the molecule is C#CCOc1cc(OC2OC(C(=O)O)[C@@H](O)C(O)[C@H]2O)ccc1COC(=O)N(C)C(C(=O)N[C@H](C(=O)N(C)C(C(C)CC)[C@@H](CC(=O)N1CCCC1C(OC)[C@@H](C)C(=O)N[C@H](C)C(O)c1ccccc1)OC)C(C)C)=C(C)C. The van der Waals surface area contributed by atoms with E-state index in [4.69, 9.17) is 34.8 Å². The number of amides is 5. The molecule has 0 saturated carbocycles. The maximum absolute atomic E-state index is 14.7. The largest absolute Gasteiger partial charge is 0.480 e. The van der Waals surface area contributed by atoms with Crippen molar-refractivity contribution in [3.8, 4) is 23.8 Å². The normalized spacial score (nSPS) is 22.2. The Labute approximate surface area is 457 Å². The Morgan fingerprint density at radius 2 is 1.59 bits per heavy atom. The summed E-state index contributed by atoms with van der Waals surface area (Å²) in [6.07, 6.45) is -5.49. The number of hydrogen-bond donors (Lipinski definition) is 7. The Bertz CT molecular complexity index is 2430. The number of carboxylic acids is 1. The van der Waals surface area contributed by atoms with Crippen molar-refractivity contribution in [2.45, 2.75) is 161 Å². The van der Waals surface area contributed by atoms with Gasteiger partial charge in [-0.3, -0.25) is 24.1 Å². The molecule has 2 fully saturated rings. The van der Waals surface area contributed by atoms with E-state index in [2.05, 4.69) is 16.6 Å². The molecule has 5 amide bonds. The zero-order chi connectivity index (χ0) is 58.3. The number of benzene rings is 2. The minimum Gasteiger partial charge on any atom is -0.480 e. The summed E-state index contributed by atoms with van der Waals surface area (Å²) in [7, 11) is 5.92. The van der Waals surface area contributed by atoms with Gasteiger partial charge in [0.15, 0.2) is 6.10 Å². The van der Waals surface area contributed by atoms with Gasteiger partial charge in [-0.2, -0.15) is 0 Å². The van der Waals surface area contributed by atoms with E-state index in [-0.39, 0.29) is 53.5 Å². The molecule has 2 saturated heterocycles. The van der Waals surface area contributed by atoms with Crippen molar-refractivity contribution in [2.75, 3.05) is 41.5 Å². The lowest BCUT2D eigenvalue weighted by atomic mass is 9.89. The summed E-state index contributed by atoms with van der Waals surface area (Å²) in [6, 6.07) is 10.3. The van der Waals surface area contributed by atoms with Crippen LogP contribution in [0.3, 0.4) is 0 Å².